The second kappa shape index (κ2) is 6.28. The first-order chi connectivity index (χ1) is 12.1. The highest BCUT2D eigenvalue weighted by Crippen LogP contribution is 2.32. The van der Waals surface area contributed by atoms with Gasteiger partial charge in [0.05, 0.1) is 0 Å². The lowest BCUT2D eigenvalue weighted by Gasteiger charge is -2.24. The minimum Gasteiger partial charge on any atom is -0.384 e. The van der Waals surface area contributed by atoms with Gasteiger partial charge in [0, 0.05) is 41.0 Å². The van der Waals surface area contributed by atoms with Gasteiger partial charge in [0.2, 0.25) is 0 Å². The standard InChI is InChI=1S/C21H21N3O/c1-13-19(9-18(12-23-13)20(25)7-14-3-2-4-14)16-6-5-15-10-21(22)24-11-17(15)8-16/h5-6,8-12,14H,2-4,7H2,1H3,(H2,22,24). The first-order valence-electron chi connectivity index (χ1n) is 8.75. The number of aromatic nitrogens is 2. The molecule has 0 saturated heterocycles. The van der Waals surface area contributed by atoms with E-state index in [9.17, 15) is 4.79 Å². The molecule has 4 rings (SSSR count). The maximum Gasteiger partial charge on any atom is 0.164 e. The Balaban J connectivity index is 1.70. The third-order valence-electron chi connectivity index (χ3n) is 5.16. The van der Waals surface area contributed by atoms with Gasteiger partial charge in [0.25, 0.3) is 0 Å². The molecule has 1 aromatic carbocycles. The van der Waals surface area contributed by atoms with E-state index < -0.39 is 0 Å². The van der Waals surface area contributed by atoms with Crippen LogP contribution >= 0.6 is 0 Å². The number of hydrogen-bond acceptors (Lipinski definition) is 4. The molecule has 4 nitrogen and oxygen atoms in total. The zero-order valence-corrected chi connectivity index (χ0v) is 14.3. The van der Waals surface area contributed by atoms with Crippen LogP contribution in [0.25, 0.3) is 21.9 Å². The molecule has 3 aromatic rings. The van der Waals surface area contributed by atoms with Crippen molar-refractivity contribution in [1.29, 1.82) is 0 Å². The molecule has 0 radical (unpaired) electrons. The van der Waals surface area contributed by atoms with Crippen molar-refractivity contribution in [3.8, 4) is 11.1 Å². The number of nitrogens with zero attached hydrogens (tertiary/aromatic N) is 2. The number of carbonyl (C=O) groups is 1. The van der Waals surface area contributed by atoms with E-state index in [0.29, 0.717) is 23.7 Å². The van der Waals surface area contributed by atoms with Crippen LogP contribution in [-0.2, 0) is 0 Å². The first-order valence-corrected chi connectivity index (χ1v) is 8.75. The third kappa shape index (κ3) is 3.12. The molecule has 0 unspecified atom stereocenters. The Labute approximate surface area is 147 Å². The molecule has 2 heterocycles. The summed E-state index contributed by atoms with van der Waals surface area (Å²) < 4.78 is 0. The number of Topliss-reactive ketones (excluding diaryl/α,β-unsaturated/α-hetero) is 1. The van der Waals surface area contributed by atoms with Crippen molar-refractivity contribution in [1.82, 2.24) is 9.97 Å². The van der Waals surface area contributed by atoms with Gasteiger partial charge in [-0.2, -0.15) is 0 Å². The molecule has 0 aliphatic heterocycles. The van der Waals surface area contributed by atoms with Crippen molar-refractivity contribution < 1.29 is 4.79 Å². The molecular formula is C21H21N3O. The summed E-state index contributed by atoms with van der Waals surface area (Å²) >= 11 is 0. The van der Waals surface area contributed by atoms with Crippen LogP contribution in [0.15, 0.2) is 42.7 Å². The molecule has 0 amide bonds. The number of anilines is 1. The number of carbonyl (C=O) groups excluding carboxylic acids is 1. The van der Waals surface area contributed by atoms with Gasteiger partial charge in [-0.1, -0.05) is 31.4 Å². The minimum atomic E-state index is 0.202. The van der Waals surface area contributed by atoms with E-state index in [4.69, 9.17) is 5.73 Å². The molecule has 1 fully saturated rings. The Kier molecular flexibility index (Phi) is 3.96. The second-order valence-corrected chi connectivity index (χ2v) is 6.95. The van der Waals surface area contributed by atoms with Gasteiger partial charge in [-0.25, -0.2) is 4.98 Å². The summed E-state index contributed by atoms with van der Waals surface area (Å²) in [5.41, 5.74) is 9.42. The van der Waals surface area contributed by atoms with E-state index in [1.54, 1.807) is 12.4 Å². The largest absolute Gasteiger partial charge is 0.384 e. The molecule has 2 aromatic heterocycles. The lowest BCUT2D eigenvalue weighted by atomic mass is 9.81. The zero-order chi connectivity index (χ0) is 17.4. The number of nitrogens with two attached hydrogens (primary N) is 1. The highest BCUT2D eigenvalue weighted by molar-refractivity contribution is 5.97. The van der Waals surface area contributed by atoms with Crippen LogP contribution in [-0.4, -0.2) is 15.8 Å². The molecule has 0 atom stereocenters. The van der Waals surface area contributed by atoms with E-state index >= 15 is 0 Å². The molecule has 0 bridgehead atoms. The smallest absolute Gasteiger partial charge is 0.164 e. The number of hydrogen-bond donors (Lipinski definition) is 1. The summed E-state index contributed by atoms with van der Waals surface area (Å²) in [6.45, 7) is 1.97. The number of nitrogen functional groups attached to an aromatic ring is 1. The average Bonchev–Trinajstić information content (AvgIpc) is 2.58. The maximum absolute atomic E-state index is 12.5. The summed E-state index contributed by atoms with van der Waals surface area (Å²) in [4.78, 5) is 21.2. The Morgan fingerprint density at radius 2 is 1.96 bits per heavy atom. The van der Waals surface area contributed by atoms with E-state index in [-0.39, 0.29) is 5.78 Å². The van der Waals surface area contributed by atoms with Crippen LogP contribution in [0, 0.1) is 12.8 Å². The van der Waals surface area contributed by atoms with Gasteiger partial charge >= 0.3 is 0 Å². The number of benzene rings is 1. The Bertz CT molecular complexity index is 961. The molecule has 25 heavy (non-hydrogen) atoms. The van der Waals surface area contributed by atoms with E-state index in [1.165, 1.54) is 19.3 Å². The van der Waals surface area contributed by atoms with Crippen molar-refractivity contribution >= 4 is 22.4 Å². The molecule has 1 aliphatic rings. The molecule has 0 spiro atoms. The molecular weight excluding hydrogens is 310 g/mol. The number of fused-ring (bicyclic) bond motifs is 1. The predicted octanol–water partition coefficient (Wildman–Crippen LogP) is 4.56. The summed E-state index contributed by atoms with van der Waals surface area (Å²) in [7, 11) is 0. The summed E-state index contributed by atoms with van der Waals surface area (Å²) in [6.07, 6.45) is 7.75. The number of rotatable bonds is 4. The number of ketones is 1. The van der Waals surface area contributed by atoms with Crippen molar-refractivity contribution in [2.75, 3.05) is 5.73 Å². The quantitative estimate of drug-likeness (QED) is 0.712. The van der Waals surface area contributed by atoms with Crippen LogP contribution in [0.2, 0.25) is 0 Å². The first kappa shape index (κ1) is 15.8. The molecule has 4 heteroatoms. The maximum atomic E-state index is 12.5. The lowest BCUT2D eigenvalue weighted by molar-refractivity contribution is 0.0936. The van der Waals surface area contributed by atoms with Gasteiger partial charge in [-0.15, -0.1) is 0 Å². The van der Waals surface area contributed by atoms with Crippen molar-refractivity contribution in [3.63, 3.8) is 0 Å². The van der Waals surface area contributed by atoms with Crippen LogP contribution in [0.5, 0.6) is 0 Å². The van der Waals surface area contributed by atoms with Gasteiger partial charge in [0.15, 0.2) is 5.78 Å². The SMILES string of the molecule is Cc1ncc(C(=O)CC2CCC2)cc1-c1ccc2cc(N)ncc2c1. The van der Waals surface area contributed by atoms with Crippen LogP contribution < -0.4 is 5.73 Å². The Morgan fingerprint density at radius 3 is 2.72 bits per heavy atom. The predicted molar refractivity (Wildman–Crippen MR) is 100 cm³/mol. The molecule has 1 saturated carbocycles. The highest BCUT2D eigenvalue weighted by Gasteiger charge is 2.22. The second-order valence-electron chi connectivity index (χ2n) is 6.95. The van der Waals surface area contributed by atoms with Crippen molar-refractivity contribution in [2.24, 2.45) is 5.92 Å². The molecule has 1 aliphatic carbocycles. The van der Waals surface area contributed by atoms with E-state index in [0.717, 1.165) is 27.6 Å². The summed E-state index contributed by atoms with van der Waals surface area (Å²) in [5.74, 6) is 1.28. The Morgan fingerprint density at radius 1 is 1.12 bits per heavy atom. The topological polar surface area (TPSA) is 68.9 Å². The number of aryl methyl sites for hydroxylation is 1. The fourth-order valence-electron chi connectivity index (χ4n) is 3.38. The lowest BCUT2D eigenvalue weighted by Crippen LogP contribution is -2.16. The number of pyridine rings is 2. The summed E-state index contributed by atoms with van der Waals surface area (Å²) in [5, 5.41) is 2.08. The fraction of sp³-hybridized carbons (Fsp3) is 0.286. The molecule has 2 N–H and O–H groups in total. The van der Waals surface area contributed by atoms with Gasteiger partial charge in [-0.05, 0) is 42.0 Å². The van der Waals surface area contributed by atoms with Gasteiger partial charge in [0.1, 0.15) is 5.82 Å². The van der Waals surface area contributed by atoms with Crippen molar-refractivity contribution in [3.05, 3.63) is 54.0 Å². The zero-order valence-electron chi connectivity index (χ0n) is 14.3. The minimum absolute atomic E-state index is 0.202. The van der Waals surface area contributed by atoms with Crippen LogP contribution in [0.1, 0.15) is 41.7 Å². The normalized spacial score (nSPS) is 14.4. The van der Waals surface area contributed by atoms with Crippen LogP contribution in [0.3, 0.4) is 0 Å². The van der Waals surface area contributed by atoms with Crippen LogP contribution in [0.4, 0.5) is 5.82 Å². The monoisotopic (exact) mass is 331 g/mol. The van der Waals surface area contributed by atoms with Gasteiger partial charge < -0.3 is 5.73 Å². The van der Waals surface area contributed by atoms with E-state index in [1.807, 2.05) is 31.2 Å². The van der Waals surface area contributed by atoms with Crippen molar-refractivity contribution in [2.45, 2.75) is 32.6 Å². The molecule has 126 valence electrons. The fourth-order valence-corrected chi connectivity index (χ4v) is 3.38. The summed E-state index contributed by atoms with van der Waals surface area (Å²) in [6, 6.07) is 10.0. The Hall–Kier alpha value is -2.75. The van der Waals surface area contributed by atoms with E-state index in [2.05, 4.69) is 16.0 Å². The highest BCUT2D eigenvalue weighted by atomic mass is 16.1. The van der Waals surface area contributed by atoms with Gasteiger partial charge in [-0.3, -0.25) is 9.78 Å². The average molecular weight is 331 g/mol. The third-order valence-corrected chi connectivity index (χ3v) is 5.16.